The lowest BCUT2D eigenvalue weighted by Crippen LogP contribution is -2.07. The van der Waals surface area contributed by atoms with Crippen molar-refractivity contribution in [3.8, 4) is 0 Å². The summed E-state index contributed by atoms with van der Waals surface area (Å²) in [6.45, 7) is 1.76. The highest BCUT2D eigenvalue weighted by Gasteiger charge is 2.11. The van der Waals surface area contributed by atoms with Gasteiger partial charge in [0.15, 0.2) is 5.13 Å². The van der Waals surface area contributed by atoms with Crippen LogP contribution in [-0.4, -0.2) is 32.3 Å². The van der Waals surface area contributed by atoms with Crippen molar-refractivity contribution in [2.75, 3.05) is 32.2 Å². The predicted molar refractivity (Wildman–Crippen MR) is 64.4 cm³/mol. The molecule has 0 spiro atoms. The van der Waals surface area contributed by atoms with Gasteiger partial charge in [0.1, 0.15) is 0 Å². The van der Waals surface area contributed by atoms with Crippen LogP contribution in [0.5, 0.6) is 0 Å². The van der Waals surface area contributed by atoms with Gasteiger partial charge in [0, 0.05) is 32.0 Å². The SMILES string of the molecule is CN(C)c1nc(/C=C/[C@@H]2CCOC2)cs1. The lowest BCUT2D eigenvalue weighted by Gasteiger charge is -2.05. The smallest absolute Gasteiger partial charge is 0.185 e. The molecule has 0 aliphatic carbocycles. The molecule has 0 radical (unpaired) electrons. The van der Waals surface area contributed by atoms with Gasteiger partial charge >= 0.3 is 0 Å². The van der Waals surface area contributed by atoms with E-state index in [1.807, 2.05) is 19.0 Å². The van der Waals surface area contributed by atoms with Crippen LogP contribution >= 0.6 is 11.3 Å². The second-order valence-corrected chi connectivity index (χ2v) is 4.77. The average Bonchev–Trinajstić information content (AvgIpc) is 2.86. The molecule has 0 amide bonds. The van der Waals surface area contributed by atoms with Crippen LogP contribution in [0.15, 0.2) is 11.5 Å². The molecule has 1 aromatic heterocycles. The molecule has 0 unspecified atom stereocenters. The normalized spacial score (nSPS) is 21.3. The standard InChI is InChI=1S/C11H16N2OS/c1-13(2)11-12-10(8-15-11)4-3-9-5-6-14-7-9/h3-4,8-9H,5-7H2,1-2H3/b4-3+/t9-/m1/s1. The molecule has 0 N–H and O–H groups in total. The van der Waals surface area contributed by atoms with Crippen molar-refractivity contribution in [1.82, 2.24) is 4.98 Å². The van der Waals surface area contributed by atoms with E-state index in [2.05, 4.69) is 22.5 Å². The van der Waals surface area contributed by atoms with Gasteiger partial charge in [-0.15, -0.1) is 11.3 Å². The molecule has 0 saturated carbocycles. The van der Waals surface area contributed by atoms with Crippen molar-refractivity contribution in [2.45, 2.75) is 6.42 Å². The van der Waals surface area contributed by atoms with Crippen molar-refractivity contribution in [1.29, 1.82) is 0 Å². The van der Waals surface area contributed by atoms with Gasteiger partial charge in [0.2, 0.25) is 0 Å². The van der Waals surface area contributed by atoms with E-state index < -0.39 is 0 Å². The van der Waals surface area contributed by atoms with Crippen molar-refractivity contribution in [2.24, 2.45) is 5.92 Å². The van der Waals surface area contributed by atoms with Gasteiger partial charge in [-0.2, -0.15) is 0 Å². The Morgan fingerprint density at radius 2 is 2.47 bits per heavy atom. The third-order valence-corrected chi connectivity index (χ3v) is 3.42. The maximum Gasteiger partial charge on any atom is 0.185 e. The highest BCUT2D eigenvalue weighted by atomic mass is 32.1. The van der Waals surface area contributed by atoms with Gasteiger partial charge in [0.25, 0.3) is 0 Å². The van der Waals surface area contributed by atoms with Gasteiger partial charge < -0.3 is 9.64 Å². The largest absolute Gasteiger partial charge is 0.381 e. The summed E-state index contributed by atoms with van der Waals surface area (Å²) in [5.74, 6) is 0.578. The van der Waals surface area contributed by atoms with E-state index in [1.54, 1.807) is 11.3 Å². The zero-order valence-corrected chi connectivity index (χ0v) is 9.96. The fourth-order valence-electron chi connectivity index (χ4n) is 1.50. The van der Waals surface area contributed by atoms with Gasteiger partial charge in [-0.05, 0) is 12.5 Å². The summed E-state index contributed by atoms with van der Waals surface area (Å²) in [4.78, 5) is 6.52. The summed E-state index contributed by atoms with van der Waals surface area (Å²) in [7, 11) is 4.02. The quantitative estimate of drug-likeness (QED) is 0.787. The molecule has 1 fully saturated rings. The minimum Gasteiger partial charge on any atom is -0.381 e. The molecule has 1 aliphatic heterocycles. The van der Waals surface area contributed by atoms with E-state index >= 15 is 0 Å². The summed E-state index contributed by atoms with van der Waals surface area (Å²) < 4.78 is 5.31. The third-order valence-electron chi connectivity index (χ3n) is 2.40. The first-order valence-electron chi connectivity index (χ1n) is 5.14. The third kappa shape index (κ3) is 2.79. The molecule has 82 valence electrons. The molecule has 1 aliphatic rings. The van der Waals surface area contributed by atoms with E-state index in [0.29, 0.717) is 5.92 Å². The number of thiazole rings is 1. The number of aromatic nitrogens is 1. The molecule has 1 saturated heterocycles. The van der Waals surface area contributed by atoms with Crippen LogP contribution < -0.4 is 4.90 Å². The molecule has 1 aromatic rings. The topological polar surface area (TPSA) is 25.4 Å². The van der Waals surface area contributed by atoms with Crippen molar-refractivity contribution < 1.29 is 4.74 Å². The van der Waals surface area contributed by atoms with Gasteiger partial charge in [-0.25, -0.2) is 4.98 Å². The zero-order chi connectivity index (χ0) is 10.7. The van der Waals surface area contributed by atoms with E-state index in [0.717, 1.165) is 30.5 Å². The van der Waals surface area contributed by atoms with Crippen molar-refractivity contribution in [3.05, 3.63) is 17.2 Å². The van der Waals surface area contributed by atoms with Gasteiger partial charge in [-0.1, -0.05) is 6.08 Å². The number of ether oxygens (including phenoxy) is 1. The van der Waals surface area contributed by atoms with Crippen LogP contribution in [0.1, 0.15) is 12.1 Å². The van der Waals surface area contributed by atoms with Crippen LogP contribution in [0.2, 0.25) is 0 Å². The first-order valence-corrected chi connectivity index (χ1v) is 6.02. The van der Waals surface area contributed by atoms with Crippen LogP contribution in [0.3, 0.4) is 0 Å². The van der Waals surface area contributed by atoms with Gasteiger partial charge in [-0.3, -0.25) is 0 Å². The molecule has 3 nitrogen and oxygen atoms in total. The zero-order valence-electron chi connectivity index (χ0n) is 9.14. The summed E-state index contributed by atoms with van der Waals surface area (Å²) in [5.41, 5.74) is 1.05. The van der Waals surface area contributed by atoms with Gasteiger partial charge in [0.05, 0.1) is 12.3 Å². The highest BCUT2D eigenvalue weighted by Crippen LogP contribution is 2.20. The summed E-state index contributed by atoms with van der Waals surface area (Å²) in [6.07, 6.45) is 5.45. The fourth-order valence-corrected chi connectivity index (χ4v) is 2.22. The number of anilines is 1. The Bertz CT molecular complexity index is 340. The summed E-state index contributed by atoms with van der Waals surface area (Å²) >= 11 is 1.67. The Hall–Kier alpha value is -0.870. The van der Waals surface area contributed by atoms with Crippen molar-refractivity contribution >= 4 is 22.5 Å². The summed E-state index contributed by atoms with van der Waals surface area (Å²) in [6, 6.07) is 0. The molecule has 15 heavy (non-hydrogen) atoms. The van der Waals surface area contributed by atoms with Crippen LogP contribution in [0, 0.1) is 5.92 Å². The lowest BCUT2D eigenvalue weighted by molar-refractivity contribution is 0.191. The van der Waals surface area contributed by atoms with E-state index in [9.17, 15) is 0 Å². The molecule has 4 heteroatoms. The van der Waals surface area contributed by atoms with E-state index in [1.165, 1.54) is 0 Å². The second-order valence-electron chi connectivity index (χ2n) is 3.93. The first-order chi connectivity index (χ1) is 7.25. The lowest BCUT2D eigenvalue weighted by atomic mass is 10.1. The fraction of sp³-hybridized carbons (Fsp3) is 0.545. The predicted octanol–water partition coefficient (Wildman–Crippen LogP) is 2.26. The highest BCUT2D eigenvalue weighted by molar-refractivity contribution is 7.13. The maximum atomic E-state index is 5.31. The molecule has 2 heterocycles. The molecule has 0 aromatic carbocycles. The number of hydrogen-bond donors (Lipinski definition) is 0. The molecule has 1 atom stereocenters. The molecule has 0 bridgehead atoms. The Morgan fingerprint density at radius 1 is 1.60 bits per heavy atom. The Balaban J connectivity index is 1.97. The van der Waals surface area contributed by atoms with Crippen LogP contribution in [0.25, 0.3) is 6.08 Å². The first kappa shape index (κ1) is 10.6. The maximum absolute atomic E-state index is 5.31. The molecular weight excluding hydrogens is 208 g/mol. The minimum atomic E-state index is 0.578. The Morgan fingerprint density at radius 3 is 3.07 bits per heavy atom. The summed E-state index contributed by atoms with van der Waals surface area (Å²) in [5, 5.41) is 3.14. The van der Waals surface area contributed by atoms with E-state index in [-0.39, 0.29) is 0 Å². The monoisotopic (exact) mass is 224 g/mol. The molecular formula is C11H16N2OS. The molecule has 2 rings (SSSR count). The second kappa shape index (κ2) is 4.77. The minimum absolute atomic E-state index is 0.578. The van der Waals surface area contributed by atoms with E-state index in [4.69, 9.17) is 4.74 Å². The Labute approximate surface area is 94.4 Å². The van der Waals surface area contributed by atoms with Crippen LogP contribution in [0.4, 0.5) is 5.13 Å². The number of hydrogen-bond acceptors (Lipinski definition) is 4. The van der Waals surface area contributed by atoms with Crippen LogP contribution in [-0.2, 0) is 4.74 Å². The Kier molecular flexibility index (Phi) is 3.38. The van der Waals surface area contributed by atoms with Crippen molar-refractivity contribution in [3.63, 3.8) is 0 Å². The number of rotatable bonds is 3. The average molecular weight is 224 g/mol. The number of nitrogens with zero attached hydrogens (tertiary/aromatic N) is 2.